The van der Waals surface area contributed by atoms with Crippen molar-refractivity contribution in [2.75, 3.05) is 20.7 Å². The van der Waals surface area contributed by atoms with E-state index in [0.29, 0.717) is 18.0 Å². The van der Waals surface area contributed by atoms with E-state index in [1.165, 1.54) is 7.11 Å². The number of hydrogen-bond donors (Lipinski definition) is 2. The zero-order valence-corrected chi connectivity index (χ0v) is 23.7. The number of hydrazone groups is 1. The van der Waals surface area contributed by atoms with E-state index in [4.69, 9.17) is 9.84 Å². The number of esters is 1. The van der Waals surface area contributed by atoms with Gasteiger partial charge in [-0.2, -0.15) is 5.10 Å². The lowest BCUT2D eigenvalue weighted by Crippen LogP contribution is -2.68. The van der Waals surface area contributed by atoms with E-state index in [1.807, 2.05) is 90.9 Å². The number of benzene rings is 2. The van der Waals surface area contributed by atoms with Gasteiger partial charge in [0.1, 0.15) is 5.71 Å². The van der Waals surface area contributed by atoms with Crippen LogP contribution < -0.4 is 10.6 Å². The van der Waals surface area contributed by atoms with Crippen LogP contribution >= 0.6 is 0 Å². The number of pyridine rings is 1. The highest BCUT2D eigenvalue weighted by atomic mass is 16.5. The second kappa shape index (κ2) is 12.6. The maximum Gasteiger partial charge on any atom is 0.336 e. The molecule has 0 saturated heterocycles. The van der Waals surface area contributed by atoms with Crippen molar-refractivity contribution in [2.24, 2.45) is 5.10 Å². The number of nitrogens with zero attached hydrogens (tertiary/aromatic N) is 3. The molecule has 0 spiro atoms. The molecular formula is C33H37N5O3. The van der Waals surface area contributed by atoms with E-state index in [2.05, 4.69) is 34.7 Å². The molecule has 1 aromatic heterocycles. The Morgan fingerprint density at radius 3 is 2.27 bits per heavy atom. The number of fused-ring (bicyclic) bond motifs is 1. The summed E-state index contributed by atoms with van der Waals surface area (Å²) in [6.07, 6.45) is 6.77. The van der Waals surface area contributed by atoms with Crippen molar-refractivity contribution in [2.45, 2.75) is 49.3 Å². The normalized spacial score (nSPS) is 23.9. The summed E-state index contributed by atoms with van der Waals surface area (Å²) in [5.41, 5.74) is 1.50. The molecule has 0 amide bonds. The molecule has 0 saturated carbocycles. The number of nitrogens with one attached hydrogen (secondary N) is 2. The lowest BCUT2D eigenvalue weighted by Gasteiger charge is -2.49. The standard InChI is InChI=1S/C33H37N5O3/c1-4-25(34-2)22-36-31-30(29(39)21-26-17-11-12-20-35-26)37-38-28(24-15-9-6-10-16-24)19-18-27(23-13-7-5-8-14-23)33(31,38)32(40)41-3/h5-20,25,27-28,31,34,36H,4,21-22H2,1-3H3. The van der Waals surface area contributed by atoms with Crippen LogP contribution in [-0.2, 0) is 20.7 Å². The van der Waals surface area contributed by atoms with Crippen molar-refractivity contribution >= 4 is 17.5 Å². The Morgan fingerprint density at radius 1 is 0.976 bits per heavy atom. The molecule has 0 bridgehead atoms. The summed E-state index contributed by atoms with van der Waals surface area (Å²) in [6, 6.07) is 24.3. The van der Waals surface area contributed by atoms with Gasteiger partial charge in [0.15, 0.2) is 11.3 Å². The number of ketones is 1. The van der Waals surface area contributed by atoms with Gasteiger partial charge in [-0.15, -0.1) is 0 Å². The molecule has 0 aliphatic carbocycles. The molecule has 2 aliphatic heterocycles. The fraction of sp³-hybridized carbons (Fsp3) is 0.333. The Labute approximate surface area is 241 Å². The van der Waals surface area contributed by atoms with Gasteiger partial charge in [0.05, 0.1) is 25.6 Å². The fourth-order valence-corrected chi connectivity index (χ4v) is 6.02. The summed E-state index contributed by atoms with van der Waals surface area (Å²) in [4.78, 5) is 32.7. The second-order valence-corrected chi connectivity index (χ2v) is 10.4. The van der Waals surface area contributed by atoms with Gasteiger partial charge in [0.2, 0.25) is 0 Å². The van der Waals surface area contributed by atoms with E-state index in [-0.39, 0.29) is 24.3 Å². The SMILES string of the molecule is CCC(CNC1C(C(=O)Cc2ccccn2)=NN2C(c3ccccc3)C=CC(c3ccccc3)C12C(=O)OC)NC. The quantitative estimate of drug-likeness (QED) is 0.276. The van der Waals surface area contributed by atoms with E-state index in [9.17, 15) is 9.59 Å². The zero-order chi connectivity index (χ0) is 28.8. The topological polar surface area (TPSA) is 95.9 Å². The summed E-state index contributed by atoms with van der Waals surface area (Å²) in [6.45, 7) is 2.63. The molecule has 5 rings (SSSR count). The molecule has 3 heterocycles. The Kier molecular flexibility index (Phi) is 8.71. The first-order valence-electron chi connectivity index (χ1n) is 14.1. The molecule has 5 atom stereocenters. The molecular weight excluding hydrogens is 514 g/mol. The molecule has 212 valence electrons. The van der Waals surface area contributed by atoms with Crippen LogP contribution in [0.5, 0.6) is 0 Å². The van der Waals surface area contributed by atoms with Crippen molar-refractivity contribution in [1.29, 1.82) is 0 Å². The minimum atomic E-state index is -1.35. The zero-order valence-electron chi connectivity index (χ0n) is 23.7. The van der Waals surface area contributed by atoms with Crippen molar-refractivity contribution in [3.63, 3.8) is 0 Å². The molecule has 5 unspecified atom stereocenters. The molecule has 8 nitrogen and oxygen atoms in total. The minimum absolute atomic E-state index is 0.0750. The van der Waals surface area contributed by atoms with Gasteiger partial charge in [-0.3, -0.25) is 14.8 Å². The molecule has 2 N–H and O–H groups in total. The summed E-state index contributed by atoms with van der Waals surface area (Å²) in [7, 11) is 3.32. The summed E-state index contributed by atoms with van der Waals surface area (Å²) in [5, 5.41) is 13.8. The van der Waals surface area contributed by atoms with Gasteiger partial charge in [-0.1, -0.05) is 85.8 Å². The molecule has 3 aromatic rings. The number of carbonyl (C=O) groups excluding carboxylic acids is 2. The monoisotopic (exact) mass is 551 g/mol. The van der Waals surface area contributed by atoms with Crippen LogP contribution in [0.2, 0.25) is 0 Å². The van der Waals surface area contributed by atoms with Crippen molar-refractivity contribution < 1.29 is 14.3 Å². The first-order valence-corrected chi connectivity index (χ1v) is 14.1. The Morgan fingerprint density at radius 2 is 1.66 bits per heavy atom. The highest BCUT2D eigenvalue weighted by Gasteiger charge is 2.65. The third-order valence-electron chi connectivity index (χ3n) is 8.17. The van der Waals surface area contributed by atoms with Crippen LogP contribution in [-0.4, -0.2) is 65.8 Å². The lowest BCUT2D eigenvalue weighted by atomic mass is 9.69. The lowest BCUT2D eigenvalue weighted by molar-refractivity contribution is -0.158. The van der Waals surface area contributed by atoms with E-state index < -0.39 is 23.5 Å². The van der Waals surface area contributed by atoms with Gasteiger partial charge >= 0.3 is 5.97 Å². The Bertz CT molecular complexity index is 1390. The van der Waals surface area contributed by atoms with E-state index >= 15 is 0 Å². The number of Topliss-reactive ketones (excluding diaryl/α,β-unsaturated/α-hetero) is 1. The fourth-order valence-electron chi connectivity index (χ4n) is 6.02. The van der Waals surface area contributed by atoms with E-state index in [1.54, 1.807) is 6.20 Å². The highest BCUT2D eigenvalue weighted by Crippen LogP contribution is 2.50. The molecule has 2 aromatic carbocycles. The van der Waals surface area contributed by atoms with Crippen LogP contribution in [0.15, 0.2) is 102 Å². The molecule has 8 heteroatoms. The number of ether oxygens (including phenoxy) is 1. The third kappa shape index (κ3) is 5.33. The summed E-state index contributed by atoms with van der Waals surface area (Å²) in [5.74, 6) is -1.07. The Balaban J connectivity index is 1.70. The number of aromatic nitrogens is 1. The Hall–Kier alpha value is -4.14. The van der Waals surface area contributed by atoms with Crippen LogP contribution in [0.25, 0.3) is 0 Å². The summed E-state index contributed by atoms with van der Waals surface area (Å²) >= 11 is 0. The molecule has 41 heavy (non-hydrogen) atoms. The number of methoxy groups -OCH3 is 1. The predicted molar refractivity (Wildman–Crippen MR) is 159 cm³/mol. The van der Waals surface area contributed by atoms with E-state index in [0.717, 1.165) is 17.5 Å². The first-order chi connectivity index (χ1) is 20.0. The number of rotatable bonds is 11. The average Bonchev–Trinajstić information content (AvgIpc) is 3.38. The maximum atomic E-state index is 14.3. The molecule has 2 aliphatic rings. The van der Waals surface area contributed by atoms with Gasteiger partial charge < -0.3 is 15.4 Å². The second-order valence-electron chi connectivity index (χ2n) is 10.4. The van der Waals surface area contributed by atoms with Gasteiger partial charge in [0.25, 0.3) is 0 Å². The van der Waals surface area contributed by atoms with Gasteiger partial charge in [-0.25, -0.2) is 4.79 Å². The first kappa shape index (κ1) is 28.4. The van der Waals surface area contributed by atoms with Gasteiger partial charge in [-0.05, 0) is 36.7 Å². The third-order valence-corrected chi connectivity index (χ3v) is 8.17. The molecule has 0 fully saturated rings. The number of likely N-dealkylation sites (N-methyl/N-ethyl adjacent to an activating group) is 1. The maximum absolute atomic E-state index is 14.3. The van der Waals surface area contributed by atoms with Crippen LogP contribution in [0.3, 0.4) is 0 Å². The minimum Gasteiger partial charge on any atom is -0.467 e. The largest absolute Gasteiger partial charge is 0.467 e. The van der Waals surface area contributed by atoms with Crippen molar-refractivity contribution in [1.82, 2.24) is 20.6 Å². The van der Waals surface area contributed by atoms with Crippen molar-refractivity contribution in [3.8, 4) is 0 Å². The summed E-state index contributed by atoms with van der Waals surface area (Å²) < 4.78 is 5.60. The van der Waals surface area contributed by atoms with Crippen LogP contribution in [0.4, 0.5) is 0 Å². The average molecular weight is 552 g/mol. The van der Waals surface area contributed by atoms with Gasteiger partial charge in [0, 0.05) is 30.4 Å². The number of carbonyl (C=O) groups is 2. The van der Waals surface area contributed by atoms with Crippen LogP contribution in [0, 0.1) is 0 Å². The van der Waals surface area contributed by atoms with Crippen molar-refractivity contribution in [3.05, 3.63) is 114 Å². The smallest absolute Gasteiger partial charge is 0.336 e. The number of hydrogen-bond acceptors (Lipinski definition) is 8. The van der Waals surface area contributed by atoms with Crippen LogP contribution in [0.1, 0.15) is 42.1 Å². The highest BCUT2D eigenvalue weighted by molar-refractivity contribution is 6.43. The predicted octanol–water partition coefficient (Wildman–Crippen LogP) is 3.83. The molecule has 0 radical (unpaired) electrons.